The second-order valence-electron chi connectivity index (χ2n) is 3.83. The van der Waals surface area contributed by atoms with Crippen molar-refractivity contribution in [2.75, 3.05) is 5.73 Å². The highest BCUT2D eigenvalue weighted by Gasteiger charge is 2.06. The predicted octanol–water partition coefficient (Wildman–Crippen LogP) is 3.24. The first-order valence-corrected chi connectivity index (χ1v) is 5.61. The highest BCUT2D eigenvalue weighted by atomic mass is 35.5. The third kappa shape index (κ3) is 1.74. The van der Waals surface area contributed by atoms with Gasteiger partial charge in [-0.25, -0.2) is 4.98 Å². The number of hydrogen-bond acceptors (Lipinski definition) is 2. The largest absolute Gasteiger partial charge is 0.398 e. The molecule has 0 spiro atoms. The Hall–Kier alpha value is -2.00. The molecule has 0 atom stereocenters. The molecular formula is C13H10ClN3. The average molecular weight is 244 g/mol. The molecule has 4 heteroatoms. The molecule has 2 heterocycles. The van der Waals surface area contributed by atoms with Gasteiger partial charge in [0.05, 0.1) is 10.7 Å². The van der Waals surface area contributed by atoms with E-state index in [1.165, 1.54) is 0 Å². The molecule has 3 rings (SSSR count). The van der Waals surface area contributed by atoms with Crippen molar-refractivity contribution in [2.24, 2.45) is 0 Å². The summed E-state index contributed by atoms with van der Waals surface area (Å²) in [6, 6.07) is 11.4. The summed E-state index contributed by atoms with van der Waals surface area (Å²) >= 11 is 5.93. The average Bonchev–Trinajstić information content (AvgIpc) is 2.72. The molecule has 0 saturated heterocycles. The number of benzene rings is 1. The molecule has 0 aliphatic carbocycles. The highest BCUT2D eigenvalue weighted by molar-refractivity contribution is 6.30. The van der Waals surface area contributed by atoms with Gasteiger partial charge in [-0.15, -0.1) is 0 Å². The summed E-state index contributed by atoms with van der Waals surface area (Å²) in [5, 5.41) is 0.683. The van der Waals surface area contributed by atoms with Crippen molar-refractivity contribution >= 4 is 22.9 Å². The third-order valence-corrected chi connectivity index (χ3v) is 2.88. The number of halogens is 1. The van der Waals surface area contributed by atoms with Crippen LogP contribution in [0.5, 0.6) is 0 Å². The molecule has 0 fully saturated rings. The maximum absolute atomic E-state index is 5.93. The van der Waals surface area contributed by atoms with Gasteiger partial charge in [0.1, 0.15) is 5.65 Å². The summed E-state index contributed by atoms with van der Waals surface area (Å²) in [5.74, 6) is 0. The Morgan fingerprint density at radius 2 is 1.88 bits per heavy atom. The van der Waals surface area contributed by atoms with Crippen molar-refractivity contribution in [3.63, 3.8) is 0 Å². The second-order valence-corrected chi connectivity index (χ2v) is 4.26. The SMILES string of the molecule is Nc1ccccc1-c1cn2cc(Cl)ccc2n1. The number of rotatable bonds is 1. The Bertz CT molecular complexity index is 688. The standard InChI is InChI=1S/C13H10ClN3/c14-9-5-6-13-16-12(8-17(13)7-9)10-3-1-2-4-11(10)15/h1-8H,15H2. The normalized spacial score (nSPS) is 10.9. The van der Waals surface area contributed by atoms with Crippen molar-refractivity contribution in [3.8, 4) is 11.3 Å². The van der Waals surface area contributed by atoms with E-state index in [-0.39, 0.29) is 0 Å². The van der Waals surface area contributed by atoms with Crippen molar-refractivity contribution in [1.82, 2.24) is 9.38 Å². The Morgan fingerprint density at radius 1 is 1.06 bits per heavy atom. The van der Waals surface area contributed by atoms with E-state index < -0.39 is 0 Å². The Labute approximate surface area is 103 Å². The number of imidazole rings is 1. The fourth-order valence-electron chi connectivity index (χ4n) is 1.82. The Morgan fingerprint density at radius 3 is 2.71 bits per heavy atom. The van der Waals surface area contributed by atoms with E-state index in [9.17, 15) is 0 Å². The first-order valence-electron chi connectivity index (χ1n) is 5.23. The summed E-state index contributed by atoms with van der Waals surface area (Å²) < 4.78 is 1.89. The molecule has 2 N–H and O–H groups in total. The first kappa shape index (κ1) is 10.2. The van der Waals surface area contributed by atoms with Gasteiger partial charge >= 0.3 is 0 Å². The van der Waals surface area contributed by atoms with Crippen LogP contribution in [0.2, 0.25) is 5.02 Å². The van der Waals surface area contributed by atoms with E-state index in [0.717, 1.165) is 22.6 Å². The number of fused-ring (bicyclic) bond motifs is 1. The zero-order chi connectivity index (χ0) is 11.8. The molecule has 84 valence electrons. The zero-order valence-corrected chi connectivity index (χ0v) is 9.72. The predicted molar refractivity (Wildman–Crippen MR) is 70.1 cm³/mol. The van der Waals surface area contributed by atoms with Gasteiger partial charge in [0, 0.05) is 23.6 Å². The highest BCUT2D eigenvalue weighted by Crippen LogP contribution is 2.25. The van der Waals surface area contributed by atoms with Crippen molar-refractivity contribution in [2.45, 2.75) is 0 Å². The lowest BCUT2D eigenvalue weighted by atomic mass is 10.1. The number of nitrogens with two attached hydrogens (primary N) is 1. The Kier molecular flexibility index (Phi) is 2.27. The van der Waals surface area contributed by atoms with Crippen LogP contribution in [0.3, 0.4) is 0 Å². The summed E-state index contributed by atoms with van der Waals surface area (Å²) in [5.41, 5.74) is 9.30. The summed E-state index contributed by atoms with van der Waals surface area (Å²) in [4.78, 5) is 4.51. The van der Waals surface area contributed by atoms with Crippen molar-refractivity contribution in [1.29, 1.82) is 0 Å². The van der Waals surface area contributed by atoms with Gasteiger partial charge in [0.15, 0.2) is 0 Å². The number of anilines is 1. The Balaban J connectivity index is 2.22. The van der Waals surface area contributed by atoms with E-state index in [4.69, 9.17) is 17.3 Å². The van der Waals surface area contributed by atoms with E-state index in [1.54, 1.807) is 0 Å². The minimum Gasteiger partial charge on any atom is -0.398 e. The zero-order valence-electron chi connectivity index (χ0n) is 8.97. The molecule has 0 unspecified atom stereocenters. The molecule has 0 amide bonds. The molecule has 0 radical (unpaired) electrons. The molecule has 0 aliphatic heterocycles. The smallest absolute Gasteiger partial charge is 0.137 e. The number of nitrogen functional groups attached to an aromatic ring is 1. The van der Waals surface area contributed by atoms with E-state index in [1.807, 2.05) is 53.2 Å². The van der Waals surface area contributed by atoms with E-state index >= 15 is 0 Å². The molecule has 0 bridgehead atoms. The van der Waals surface area contributed by atoms with Crippen molar-refractivity contribution in [3.05, 3.63) is 53.8 Å². The van der Waals surface area contributed by atoms with Crippen LogP contribution in [0.15, 0.2) is 48.8 Å². The van der Waals surface area contributed by atoms with Gasteiger partial charge in [-0.1, -0.05) is 29.8 Å². The van der Waals surface area contributed by atoms with Gasteiger partial charge in [0.2, 0.25) is 0 Å². The quantitative estimate of drug-likeness (QED) is 0.667. The lowest BCUT2D eigenvalue weighted by Crippen LogP contribution is -1.88. The minimum absolute atomic E-state index is 0.683. The molecule has 0 saturated carbocycles. The molecule has 17 heavy (non-hydrogen) atoms. The summed E-state index contributed by atoms with van der Waals surface area (Å²) in [7, 11) is 0. The van der Waals surface area contributed by atoms with Crippen LogP contribution in [0.1, 0.15) is 0 Å². The maximum atomic E-state index is 5.93. The summed E-state index contributed by atoms with van der Waals surface area (Å²) in [6.07, 6.45) is 3.75. The lowest BCUT2D eigenvalue weighted by molar-refractivity contribution is 1.19. The van der Waals surface area contributed by atoms with Crippen LogP contribution >= 0.6 is 11.6 Å². The topological polar surface area (TPSA) is 43.3 Å². The lowest BCUT2D eigenvalue weighted by Gasteiger charge is -1.99. The third-order valence-electron chi connectivity index (χ3n) is 2.65. The molecule has 0 aliphatic rings. The molecule has 3 aromatic rings. The van der Waals surface area contributed by atoms with E-state index in [0.29, 0.717) is 5.02 Å². The molecule has 1 aromatic carbocycles. The molecule has 2 aromatic heterocycles. The number of para-hydroxylation sites is 1. The van der Waals surface area contributed by atoms with Gasteiger partial charge in [-0.3, -0.25) is 0 Å². The maximum Gasteiger partial charge on any atom is 0.137 e. The van der Waals surface area contributed by atoms with Gasteiger partial charge in [0.25, 0.3) is 0 Å². The number of aromatic nitrogens is 2. The van der Waals surface area contributed by atoms with Crippen LogP contribution in [-0.4, -0.2) is 9.38 Å². The minimum atomic E-state index is 0.683. The fourth-order valence-corrected chi connectivity index (χ4v) is 1.99. The van der Waals surface area contributed by atoms with Gasteiger partial charge in [-0.2, -0.15) is 0 Å². The van der Waals surface area contributed by atoms with Crippen LogP contribution in [0, 0.1) is 0 Å². The van der Waals surface area contributed by atoms with Crippen LogP contribution in [0.4, 0.5) is 5.69 Å². The molecule has 3 nitrogen and oxygen atoms in total. The fraction of sp³-hybridized carbons (Fsp3) is 0. The summed E-state index contributed by atoms with van der Waals surface area (Å²) in [6.45, 7) is 0. The molecular weight excluding hydrogens is 234 g/mol. The first-order chi connectivity index (χ1) is 8.24. The van der Waals surface area contributed by atoms with Crippen LogP contribution < -0.4 is 5.73 Å². The van der Waals surface area contributed by atoms with Crippen LogP contribution in [-0.2, 0) is 0 Å². The number of nitrogens with zero attached hydrogens (tertiary/aromatic N) is 2. The van der Waals surface area contributed by atoms with Crippen molar-refractivity contribution < 1.29 is 0 Å². The monoisotopic (exact) mass is 243 g/mol. The number of hydrogen-bond donors (Lipinski definition) is 1. The van der Waals surface area contributed by atoms with Crippen LogP contribution in [0.25, 0.3) is 16.9 Å². The second kappa shape index (κ2) is 3.79. The van der Waals surface area contributed by atoms with Gasteiger partial charge in [-0.05, 0) is 18.2 Å². The van der Waals surface area contributed by atoms with E-state index in [2.05, 4.69) is 4.98 Å². The number of pyridine rings is 1. The van der Waals surface area contributed by atoms with Gasteiger partial charge < -0.3 is 10.1 Å².